The van der Waals surface area contributed by atoms with Gasteiger partial charge in [0.25, 0.3) is 0 Å². The molecule has 0 heterocycles. The standard InChI is InChI=1S/C6H5/c1-2-4-6-5-3-1/h1-5H/q+1/i2D. The molecule has 0 spiro atoms. The molecule has 0 aromatic rings. The zero-order valence-corrected chi connectivity index (χ0v) is 3.31. The highest BCUT2D eigenvalue weighted by Gasteiger charge is 1.78. The van der Waals surface area contributed by atoms with E-state index in [0.717, 1.165) is 0 Å². The van der Waals surface area contributed by atoms with Crippen LogP contribution < -0.4 is 0 Å². The lowest BCUT2D eigenvalue weighted by molar-refractivity contribution is 1.75. The Labute approximate surface area is 38.9 Å². The molecule has 0 fully saturated rings. The molecule has 6 heavy (non-hydrogen) atoms. The molecule has 0 nitrogen and oxygen atoms in total. The van der Waals surface area contributed by atoms with Gasteiger partial charge in [0, 0.05) is 24.3 Å². The van der Waals surface area contributed by atoms with Gasteiger partial charge in [-0.25, -0.2) is 0 Å². The van der Waals surface area contributed by atoms with Gasteiger partial charge < -0.3 is 0 Å². The first-order chi connectivity index (χ1) is 3.39. The summed E-state index contributed by atoms with van der Waals surface area (Å²) in [6.45, 7) is 0. The Balaban J connectivity index is 2.82. The lowest BCUT2D eigenvalue weighted by Crippen LogP contribution is -1.56. The minimum Gasteiger partial charge on any atom is 0.0395 e. The Morgan fingerprint density at radius 2 is 2.50 bits per heavy atom. The van der Waals surface area contributed by atoms with E-state index >= 15 is 0 Å². The maximum atomic E-state index is 6.96. The van der Waals surface area contributed by atoms with E-state index in [2.05, 4.69) is 6.08 Å². The van der Waals surface area contributed by atoms with Crippen molar-refractivity contribution in [3.05, 3.63) is 36.4 Å². The fourth-order valence-corrected chi connectivity index (χ4v) is 0.304. The number of hydrogen-bond acceptors (Lipinski definition) is 0. The van der Waals surface area contributed by atoms with Crippen molar-refractivity contribution < 1.29 is 1.37 Å². The molecule has 1 aliphatic rings. The van der Waals surface area contributed by atoms with Gasteiger partial charge in [-0.15, -0.1) is 0 Å². The molecule has 0 atom stereocenters. The van der Waals surface area contributed by atoms with Crippen LogP contribution in [0.15, 0.2) is 30.4 Å². The van der Waals surface area contributed by atoms with Gasteiger partial charge in [0.15, 0.2) is 1.37 Å². The molecule has 0 bridgehead atoms. The van der Waals surface area contributed by atoms with E-state index in [1.54, 1.807) is 24.3 Å². The van der Waals surface area contributed by atoms with E-state index in [9.17, 15) is 0 Å². The van der Waals surface area contributed by atoms with Crippen LogP contribution in [0.5, 0.6) is 0 Å². The second kappa shape index (κ2) is 1.54. The van der Waals surface area contributed by atoms with Crippen molar-refractivity contribution in [3.63, 3.8) is 0 Å². The van der Waals surface area contributed by atoms with Gasteiger partial charge in [-0.1, -0.05) is 0 Å². The van der Waals surface area contributed by atoms with E-state index in [0.29, 0.717) is 6.05 Å². The molecular weight excluding hydrogens is 72.1 g/mol. The first-order valence-corrected chi connectivity index (χ1v) is 1.82. The third-order valence-electron chi connectivity index (χ3n) is 0.552. The maximum absolute atomic E-state index is 6.96. The van der Waals surface area contributed by atoms with Gasteiger partial charge in [0.05, 0.1) is 0 Å². The third-order valence-corrected chi connectivity index (χ3v) is 0.552. The summed E-state index contributed by atoms with van der Waals surface area (Å²) >= 11 is 0. The van der Waals surface area contributed by atoms with Crippen molar-refractivity contribution in [2.75, 3.05) is 0 Å². The molecule has 0 radical (unpaired) electrons. The van der Waals surface area contributed by atoms with E-state index in [4.69, 9.17) is 1.37 Å². The van der Waals surface area contributed by atoms with Crippen molar-refractivity contribution in [2.24, 2.45) is 0 Å². The predicted molar refractivity (Wildman–Crippen MR) is 26.1 cm³/mol. The molecule has 0 unspecified atom stereocenters. The summed E-state index contributed by atoms with van der Waals surface area (Å²) in [7, 11) is 0. The Morgan fingerprint density at radius 3 is 2.83 bits per heavy atom. The molecule has 0 heteroatoms. The van der Waals surface area contributed by atoms with Crippen molar-refractivity contribution in [2.45, 2.75) is 0 Å². The van der Waals surface area contributed by atoms with Crippen LogP contribution in [0.25, 0.3) is 0 Å². The summed E-state index contributed by atoms with van der Waals surface area (Å²) in [6, 6.07) is 0.516. The van der Waals surface area contributed by atoms with Crippen molar-refractivity contribution in [1.29, 1.82) is 0 Å². The number of allylic oxidation sites excluding steroid dienone is 6. The Bertz CT molecular complexity index is 140. The van der Waals surface area contributed by atoms with Crippen LogP contribution >= 0.6 is 0 Å². The monoisotopic (exact) mass is 78.0 g/mol. The zero-order chi connectivity index (χ0) is 5.11. The average Bonchev–Trinajstić information content (AvgIpc) is 1.69. The summed E-state index contributed by atoms with van der Waals surface area (Å²) in [5, 5.41) is 0. The Kier molecular flexibility index (Phi) is 0.597. The fourth-order valence-electron chi connectivity index (χ4n) is 0.304. The summed E-state index contributed by atoms with van der Waals surface area (Å²) in [5.74, 6) is 0. The quantitative estimate of drug-likeness (QED) is 0.385. The van der Waals surface area contributed by atoms with Gasteiger partial charge in [-0.2, -0.15) is 0 Å². The molecule has 0 aromatic heterocycles. The predicted octanol–water partition coefficient (Wildman–Crippen LogP) is 1.47. The van der Waals surface area contributed by atoms with E-state index in [1.165, 1.54) is 0 Å². The highest BCUT2D eigenvalue weighted by molar-refractivity contribution is 5.18. The topological polar surface area (TPSA) is 0 Å². The Morgan fingerprint density at radius 1 is 1.50 bits per heavy atom. The normalized spacial score (nSPS) is 18.7. The van der Waals surface area contributed by atoms with Gasteiger partial charge in [-0.05, 0) is 0 Å². The van der Waals surface area contributed by atoms with E-state index in [-0.39, 0.29) is 0 Å². The van der Waals surface area contributed by atoms with Crippen LogP contribution in [0.4, 0.5) is 0 Å². The van der Waals surface area contributed by atoms with Gasteiger partial charge in [0.1, 0.15) is 12.2 Å². The first-order valence-electron chi connectivity index (χ1n) is 2.32. The number of hydrogen-bond donors (Lipinski definition) is 0. The average molecular weight is 78.1 g/mol. The largest absolute Gasteiger partial charge is 0.153 e. The molecular formula is C6H5+. The maximum Gasteiger partial charge on any atom is 0.153 e. The smallest absolute Gasteiger partial charge is 0.0395 e. The third kappa shape index (κ3) is 0.540. The highest BCUT2D eigenvalue weighted by Crippen LogP contribution is 1.85. The van der Waals surface area contributed by atoms with Crippen molar-refractivity contribution in [3.8, 4) is 0 Å². The second-order valence-electron chi connectivity index (χ2n) is 1.00. The van der Waals surface area contributed by atoms with Crippen molar-refractivity contribution in [1.82, 2.24) is 0 Å². The summed E-state index contributed by atoms with van der Waals surface area (Å²) in [6.07, 6.45) is 9.69. The molecule has 1 rings (SSSR count). The highest BCUT2D eigenvalue weighted by atomic mass is 13.7. The minimum absolute atomic E-state index is 0.516. The summed E-state index contributed by atoms with van der Waals surface area (Å²) in [4.78, 5) is 0. The SMILES string of the molecule is [2H]C1=CC=C[C+]=C1. The van der Waals surface area contributed by atoms with Crippen LogP contribution in [-0.2, 0) is 0 Å². The summed E-state index contributed by atoms with van der Waals surface area (Å²) < 4.78 is 6.96. The number of rotatable bonds is 0. The van der Waals surface area contributed by atoms with Crippen LogP contribution in [0.3, 0.4) is 0 Å². The molecule has 0 saturated carbocycles. The lowest BCUT2D eigenvalue weighted by Gasteiger charge is -1.64. The van der Waals surface area contributed by atoms with Crippen LogP contribution in [0.2, 0.25) is 0 Å². The lowest BCUT2D eigenvalue weighted by atomic mass is 10.3. The van der Waals surface area contributed by atoms with Gasteiger partial charge in [0.2, 0.25) is 0 Å². The van der Waals surface area contributed by atoms with Gasteiger partial charge >= 0.3 is 0 Å². The first kappa shape index (κ1) is 2.33. The Hall–Kier alpha value is -0.870. The zero-order valence-electron chi connectivity index (χ0n) is 4.31. The van der Waals surface area contributed by atoms with E-state index < -0.39 is 0 Å². The van der Waals surface area contributed by atoms with Crippen LogP contribution in [0.1, 0.15) is 1.37 Å². The van der Waals surface area contributed by atoms with Gasteiger partial charge in [-0.3, -0.25) is 0 Å². The minimum atomic E-state index is 0.516. The van der Waals surface area contributed by atoms with Crippen molar-refractivity contribution >= 4 is 0 Å². The fraction of sp³-hybridized carbons (Fsp3) is 0. The molecule has 0 N–H and O–H groups in total. The molecule has 1 aliphatic carbocycles. The second-order valence-corrected chi connectivity index (χ2v) is 1.00. The summed E-state index contributed by atoms with van der Waals surface area (Å²) in [5.41, 5.74) is 0. The molecule has 0 saturated heterocycles. The molecule has 28 valence electrons. The molecule has 0 aromatic carbocycles. The van der Waals surface area contributed by atoms with Crippen LogP contribution in [0, 0.1) is 6.08 Å². The van der Waals surface area contributed by atoms with Crippen LogP contribution in [-0.4, -0.2) is 0 Å². The van der Waals surface area contributed by atoms with E-state index in [1.807, 2.05) is 0 Å². The molecule has 0 aliphatic heterocycles. The molecule has 0 amide bonds.